The number of thioether (sulfide) groups is 1. The van der Waals surface area contributed by atoms with Gasteiger partial charge in [-0.25, -0.2) is 0 Å². The van der Waals surface area contributed by atoms with Crippen LogP contribution in [0.5, 0.6) is 0 Å². The van der Waals surface area contributed by atoms with Crippen LogP contribution in [0.25, 0.3) is 0 Å². The first-order valence-corrected chi connectivity index (χ1v) is 7.94. The highest BCUT2D eigenvalue weighted by molar-refractivity contribution is 8.00. The number of rotatable bonds is 2. The van der Waals surface area contributed by atoms with Crippen LogP contribution in [-0.4, -0.2) is 24.2 Å². The topological polar surface area (TPSA) is 9.23 Å². The maximum absolute atomic E-state index is 5.54. The molecule has 0 aromatic rings. The third-order valence-electron chi connectivity index (χ3n) is 4.02. The molecule has 0 bridgehead atoms. The summed E-state index contributed by atoms with van der Waals surface area (Å²) in [6.07, 6.45) is 13.1. The molecule has 1 saturated heterocycles. The van der Waals surface area contributed by atoms with E-state index in [0.29, 0.717) is 6.10 Å². The first-order valence-electron chi connectivity index (χ1n) is 6.89. The standard InChI is InChI=1S/C14H25OS/c1-15-13-9-10-16-14(11-13)12-7-5-3-2-4-6-8-12/h13-14H,2-11H2,1H3. The molecule has 93 valence electrons. The van der Waals surface area contributed by atoms with Crippen molar-refractivity contribution in [3.8, 4) is 0 Å². The summed E-state index contributed by atoms with van der Waals surface area (Å²) >= 11 is 2.19. The van der Waals surface area contributed by atoms with Gasteiger partial charge in [0.1, 0.15) is 0 Å². The molecule has 1 aliphatic heterocycles. The van der Waals surface area contributed by atoms with Crippen LogP contribution in [0.15, 0.2) is 0 Å². The summed E-state index contributed by atoms with van der Waals surface area (Å²) in [5, 5.41) is 0.816. The molecule has 0 aromatic heterocycles. The Bertz CT molecular complexity index is 187. The average molecular weight is 241 g/mol. The van der Waals surface area contributed by atoms with Crippen LogP contribution in [-0.2, 0) is 4.74 Å². The van der Waals surface area contributed by atoms with Crippen LogP contribution in [0, 0.1) is 5.92 Å². The van der Waals surface area contributed by atoms with Gasteiger partial charge in [-0.1, -0.05) is 32.1 Å². The van der Waals surface area contributed by atoms with Gasteiger partial charge in [0.05, 0.1) is 6.10 Å². The van der Waals surface area contributed by atoms with Crippen molar-refractivity contribution in [2.45, 2.75) is 69.1 Å². The normalized spacial score (nSPS) is 34.3. The number of ether oxygens (including phenoxy) is 1. The van der Waals surface area contributed by atoms with Crippen molar-refractivity contribution in [2.24, 2.45) is 0 Å². The van der Waals surface area contributed by atoms with Crippen LogP contribution < -0.4 is 0 Å². The Labute approximate surface area is 105 Å². The minimum atomic E-state index is 0.532. The third-order valence-corrected chi connectivity index (χ3v) is 5.42. The summed E-state index contributed by atoms with van der Waals surface area (Å²) in [6, 6.07) is 0. The summed E-state index contributed by atoms with van der Waals surface area (Å²) in [6.45, 7) is 0. The molecule has 0 N–H and O–H groups in total. The summed E-state index contributed by atoms with van der Waals surface area (Å²) < 4.78 is 5.54. The highest BCUT2D eigenvalue weighted by atomic mass is 32.2. The van der Waals surface area contributed by atoms with E-state index in [1.165, 1.54) is 63.5 Å². The van der Waals surface area contributed by atoms with Gasteiger partial charge < -0.3 is 4.74 Å². The Morgan fingerprint density at radius 3 is 2.44 bits per heavy atom. The van der Waals surface area contributed by atoms with E-state index in [9.17, 15) is 0 Å². The molecular formula is C14H25OS. The fourth-order valence-corrected chi connectivity index (χ4v) is 4.45. The zero-order chi connectivity index (χ0) is 11.2. The second-order valence-electron chi connectivity index (χ2n) is 5.17. The molecule has 1 nitrogen and oxygen atoms in total. The molecule has 1 radical (unpaired) electrons. The number of hydrogen-bond donors (Lipinski definition) is 0. The molecule has 2 aliphatic rings. The lowest BCUT2D eigenvalue weighted by atomic mass is 9.86. The Morgan fingerprint density at radius 1 is 1.06 bits per heavy atom. The van der Waals surface area contributed by atoms with Crippen molar-refractivity contribution in [3.63, 3.8) is 0 Å². The number of hydrogen-bond acceptors (Lipinski definition) is 2. The van der Waals surface area contributed by atoms with Gasteiger partial charge in [0.25, 0.3) is 0 Å². The van der Waals surface area contributed by atoms with Crippen LogP contribution in [0.2, 0.25) is 0 Å². The lowest BCUT2D eigenvalue weighted by Gasteiger charge is -2.34. The molecule has 2 heteroatoms. The summed E-state index contributed by atoms with van der Waals surface area (Å²) in [4.78, 5) is 0. The average Bonchev–Trinajstić information content (AvgIpc) is 2.29. The van der Waals surface area contributed by atoms with E-state index >= 15 is 0 Å². The Kier molecular flexibility index (Phi) is 5.51. The molecule has 2 fully saturated rings. The van der Waals surface area contributed by atoms with Crippen molar-refractivity contribution < 1.29 is 4.74 Å². The predicted octanol–water partition coefficient (Wildman–Crippen LogP) is 4.22. The minimum absolute atomic E-state index is 0.532. The Balaban J connectivity index is 1.83. The van der Waals surface area contributed by atoms with Gasteiger partial charge in [0, 0.05) is 12.4 Å². The molecule has 1 saturated carbocycles. The maximum Gasteiger partial charge on any atom is 0.0590 e. The lowest BCUT2D eigenvalue weighted by Crippen LogP contribution is -2.29. The second kappa shape index (κ2) is 6.90. The van der Waals surface area contributed by atoms with E-state index in [0.717, 1.165) is 5.25 Å². The maximum atomic E-state index is 5.54. The first-order chi connectivity index (χ1) is 7.90. The van der Waals surface area contributed by atoms with E-state index in [4.69, 9.17) is 4.74 Å². The van der Waals surface area contributed by atoms with Crippen LogP contribution in [0.1, 0.15) is 57.8 Å². The summed E-state index contributed by atoms with van der Waals surface area (Å²) in [5.41, 5.74) is 0. The fraction of sp³-hybridized carbons (Fsp3) is 0.929. The van der Waals surface area contributed by atoms with Gasteiger partial charge in [-0.05, 0) is 37.4 Å². The predicted molar refractivity (Wildman–Crippen MR) is 71.8 cm³/mol. The van der Waals surface area contributed by atoms with Crippen LogP contribution in [0.4, 0.5) is 0 Å². The highest BCUT2D eigenvalue weighted by Gasteiger charge is 2.29. The molecule has 0 amide bonds. The first kappa shape index (κ1) is 12.8. The Hall–Kier alpha value is 0.310. The van der Waals surface area contributed by atoms with E-state index < -0.39 is 0 Å². The highest BCUT2D eigenvalue weighted by Crippen LogP contribution is 2.39. The summed E-state index contributed by atoms with van der Waals surface area (Å²) in [7, 11) is 1.88. The fourth-order valence-electron chi connectivity index (χ4n) is 2.95. The van der Waals surface area contributed by atoms with Crippen LogP contribution in [0.3, 0.4) is 0 Å². The molecule has 0 aromatic carbocycles. The van der Waals surface area contributed by atoms with Crippen molar-refractivity contribution in [1.29, 1.82) is 0 Å². The second-order valence-corrected chi connectivity index (χ2v) is 6.48. The zero-order valence-corrected chi connectivity index (χ0v) is 11.4. The van der Waals surface area contributed by atoms with E-state index in [2.05, 4.69) is 11.8 Å². The van der Waals surface area contributed by atoms with Crippen molar-refractivity contribution in [2.75, 3.05) is 12.9 Å². The van der Waals surface area contributed by atoms with Crippen molar-refractivity contribution in [3.05, 3.63) is 5.92 Å². The number of methoxy groups -OCH3 is 1. The SMILES string of the molecule is COC1CCSC([C]2CCCCCCC2)C1. The quantitative estimate of drug-likeness (QED) is 0.716. The minimum Gasteiger partial charge on any atom is -0.381 e. The van der Waals surface area contributed by atoms with E-state index in [1.807, 2.05) is 13.0 Å². The lowest BCUT2D eigenvalue weighted by molar-refractivity contribution is 0.0899. The molecular weight excluding hydrogens is 216 g/mol. The molecule has 1 heterocycles. The van der Waals surface area contributed by atoms with Gasteiger partial charge in [0.15, 0.2) is 0 Å². The van der Waals surface area contributed by atoms with Gasteiger partial charge >= 0.3 is 0 Å². The molecule has 2 rings (SSSR count). The van der Waals surface area contributed by atoms with E-state index in [-0.39, 0.29) is 0 Å². The molecule has 0 spiro atoms. The monoisotopic (exact) mass is 241 g/mol. The van der Waals surface area contributed by atoms with Gasteiger partial charge in [-0.15, -0.1) is 0 Å². The molecule has 16 heavy (non-hydrogen) atoms. The largest absolute Gasteiger partial charge is 0.381 e. The zero-order valence-electron chi connectivity index (χ0n) is 10.5. The van der Waals surface area contributed by atoms with Crippen molar-refractivity contribution in [1.82, 2.24) is 0 Å². The van der Waals surface area contributed by atoms with Gasteiger partial charge in [-0.2, -0.15) is 11.8 Å². The van der Waals surface area contributed by atoms with Crippen LogP contribution >= 0.6 is 11.8 Å². The molecule has 2 unspecified atom stereocenters. The van der Waals surface area contributed by atoms with Gasteiger partial charge in [-0.3, -0.25) is 0 Å². The smallest absolute Gasteiger partial charge is 0.0590 e. The van der Waals surface area contributed by atoms with E-state index in [1.54, 1.807) is 0 Å². The Morgan fingerprint density at radius 2 is 1.75 bits per heavy atom. The molecule has 2 atom stereocenters. The summed E-state index contributed by atoms with van der Waals surface area (Å²) in [5.74, 6) is 3.15. The molecule has 1 aliphatic carbocycles. The third kappa shape index (κ3) is 3.66. The van der Waals surface area contributed by atoms with Crippen molar-refractivity contribution >= 4 is 11.8 Å². The van der Waals surface area contributed by atoms with Gasteiger partial charge in [0.2, 0.25) is 0 Å².